The summed E-state index contributed by atoms with van der Waals surface area (Å²) in [7, 11) is 0. The lowest BCUT2D eigenvalue weighted by molar-refractivity contribution is 0.0386. The molecule has 2 aliphatic heterocycles. The van der Waals surface area contributed by atoms with E-state index in [0.29, 0.717) is 4.83 Å². The fraction of sp³-hybridized carbons (Fsp3) is 0.538. The first kappa shape index (κ1) is 11.0. The minimum absolute atomic E-state index is 0.00751. The van der Waals surface area contributed by atoms with Crippen LogP contribution in [-0.2, 0) is 4.74 Å². The highest BCUT2D eigenvalue weighted by Crippen LogP contribution is 2.40. The van der Waals surface area contributed by atoms with E-state index in [-0.39, 0.29) is 5.60 Å². The lowest BCUT2D eigenvalue weighted by atomic mass is 9.90. The van der Waals surface area contributed by atoms with Crippen molar-refractivity contribution in [3.63, 3.8) is 0 Å². The number of rotatable bonds is 0. The summed E-state index contributed by atoms with van der Waals surface area (Å²) >= 11 is 5.66. The highest BCUT2D eigenvalue weighted by atomic mass is 79.9. The molecule has 3 rings (SSSR count). The maximum absolute atomic E-state index is 6.24. The third-order valence-electron chi connectivity index (χ3n) is 3.43. The first-order valence-electron chi connectivity index (χ1n) is 5.79. The van der Waals surface area contributed by atoms with Crippen LogP contribution >= 0.6 is 27.7 Å². The summed E-state index contributed by atoms with van der Waals surface area (Å²) in [5, 5.41) is 0. The molecule has 1 unspecified atom stereocenters. The Balaban J connectivity index is 1.83. The van der Waals surface area contributed by atoms with Crippen molar-refractivity contribution in [3.8, 4) is 0 Å². The molecule has 86 valence electrons. The van der Waals surface area contributed by atoms with Gasteiger partial charge in [-0.2, -0.15) is 11.8 Å². The molecule has 0 radical (unpaired) electrons. The highest BCUT2D eigenvalue weighted by molar-refractivity contribution is 9.09. The lowest BCUT2D eigenvalue weighted by Gasteiger charge is -2.39. The second-order valence-corrected chi connectivity index (χ2v) is 6.98. The normalized spacial score (nSPS) is 31.4. The van der Waals surface area contributed by atoms with Crippen LogP contribution in [0.4, 0.5) is 0 Å². The molecule has 0 aromatic carbocycles. The lowest BCUT2D eigenvalue weighted by Crippen LogP contribution is -2.36. The molecule has 0 N–H and O–H groups in total. The molecule has 1 aliphatic carbocycles. The zero-order valence-corrected chi connectivity index (χ0v) is 11.5. The predicted octanol–water partition coefficient (Wildman–Crippen LogP) is 3.82. The van der Waals surface area contributed by atoms with Gasteiger partial charge in [0.2, 0.25) is 0 Å². The zero-order valence-electron chi connectivity index (χ0n) is 9.12. The van der Waals surface area contributed by atoms with Gasteiger partial charge in [-0.25, -0.2) is 0 Å². The van der Waals surface area contributed by atoms with E-state index in [2.05, 4.69) is 40.2 Å². The van der Waals surface area contributed by atoms with Gasteiger partial charge in [-0.15, -0.1) is 0 Å². The predicted molar refractivity (Wildman–Crippen MR) is 73.0 cm³/mol. The van der Waals surface area contributed by atoms with Crippen molar-refractivity contribution >= 4 is 27.7 Å². The van der Waals surface area contributed by atoms with E-state index in [1.54, 1.807) is 0 Å². The van der Waals surface area contributed by atoms with Crippen molar-refractivity contribution in [2.45, 2.75) is 29.7 Å². The summed E-state index contributed by atoms with van der Waals surface area (Å²) in [4.78, 5) is 0.468. The van der Waals surface area contributed by atoms with Crippen LogP contribution in [0.5, 0.6) is 0 Å². The zero-order chi connectivity index (χ0) is 11.0. The van der Waals surface area contributed by atoms with Gasteiger partial charge in [-0.1, -0.05) is 28.1 Å². The Hall–Kier alpha value is -0.150. The van der Waals surface area contributed by atoms with E-state index in [1.165, 1.54) is 17.1 Å². The Bertz CT molecular complexity index is 377. The topological polar surface area (TPSA) is 9.23 Å². The Morgan fingerprint density at radius 3 is 2.94 bits per heavy atom. The molecule has 3 aliphatic rings. The van der Waals surface area contributed by atoms with Crippen LogP contribution in [0.3, 0.4) is 0 Å². The van der Waals surface area contributed by atoms with Gasteiger partial charge in [-0.05, 0) is 48.5 Å². The van der Waals surface area contributed by atoms with Crippen LogP contribution in [-0.4, -0.2) is 21.9 Å². The van der Waals surface area contributed by atoms with Crippen molar-refractivity contribution in [2.24, 2.45) is 0 Å². The molecule has 0 saturated carbocycles. The molecule has 0 aromatic rings. The Morgan fingerprint density at radius 1 is 1.31 bits per heavy atom. The van der Waals surface area contributed by atoms with Gasteiger partial charge in [0.05, 0.1) is 0 Å². The molecular formula is C13H15BrOS. The first-order chi connectivity index (χ1) is 7.77. The van der Waals surface area contributed by atoms with Gasteiger partial charge < -0.3 is 4.74 Å². The molecule has 1 atom stereocenters. The van der Waals surface area contributed by atoms with E-state index in [0.717, 1.165) is 25.0 Å². The summed E-state index contributed by atoms with van der Waals surface area (Å²) in [6.45, 7) is 0. The number of allylic oxidation sites excluding steroid dienone is 4. The fourth-order valence-electron chi connectivity index (χ4n) is 2.42. The van der Waals surface area contributed by atoms with Gasteiger partial charge in [0.25, 0.3) is 0 Å². The average Bonchev–Trinajstić information content (AvgIpc) is 2.31. The summed E-state index contributed by atoms with van der Waals surface area (Å²) in [6, 6.07) is 0. The fourth-order valence-corrected chi connectivity index (χ4v) is 4.10. The van der Waals surface area contributed by atoms with Crippen molar-refractivity contribution < 1.29 is 4.74 Å². The third kappa shape index (κ3) is 2.00. The van der Waals surface area contributed by atoms with Gasteiger partial charge in [-0.3, -0.25) is 0 Å². The first-order valence-corrected chi connectivity index (χ1v) is 7.86. The number of ether oxygens (including phenoxy) is 1. The molecule has 2 heterocycles. The SMILES string of the molecule is BrC1C=CC2=C(C=CC3(CCSCC3)O2)C1. The molecule has 0 amide bonds. The van der Waals surface area contributed by atoms with E-state index < -0.39 is 0 Å². The van der Waals surface area contributed by atoms with Crippen molar-refractivity contribution in [3.05, 3.63) is 35.6 Å². The van der Waals surface area contributed by atoms with Crippen molar-refractivity contribution in [1.82, 2.24) is 0 Å². The number of hydrogen-bond donors (Lipinski definition) is 0. The molecule has 1 nitrogen and oxygen atoms in total. The van der Waals surface area contributed by atoms with Crippen molar-refractivity contribution in [2.75, 3.05) is 11.5 Å². The van der Waals surface area contributed by atoms with E-state index in [1.807, 2.05) is 11.8 Å². The molecule has 1 fully saturated rings. The third-order valence-corrected chi connectivity index (χ3v) is 5.04. The standard InChI is InChI=1S/C13H15BrOS/c14-11-1-2-12-10(9-11)3-4-13(15-12)5-7-16-8-6-13/h1-4,11H,5-9H2. The van der Waals surface area contributed by atoms with Crippen LogP contribution in [0.15, 0.2) is 35.6 Å². The molecule has 1 saturated heterocycles. The Morgan fingerprint density at radius 2 is 2.12 bits per heavy atom. The maximum Gasteiger partial charge on any atom is 0.129 e. The number of hydrogen-bond acceptors (Lipinski definition) is 2. The molecule has 0 aromatic heterocycles. The van der Waals surface area contributed by atoms with Gasteiger partial charge in [0.15, 0.2) is 0 Å². The number of alkyl halides is 1. The van der Waals surface area contributed by atoms with Crippen LogP contribution in [0, 0.1) is 0 Å². The molecule has 16 heavy (non-hydrogen) atoms. The minimum Gasteiger partial charge on any atom is -0.483 e. The Kier molecular flexibility index (Phi) is 2.92. The van der Waals surface area contributed by atoms with Gasteiger partial charge in [0, 0.05) is 4.83 Å². The van der Waals surface area contributed by atoms with Gasteiger partial charge >= 0.3 is 0 Å². The van der Waals surface area contributed by atoms with Crippen LogP contribution in [0.1, 0.15) is 19.3 Å². The smallest absolute Gasteiger partial charge is 0.129 e. The van der Waals surface area contributed by atoms with E-state index >= 15 is 0 Å². The monoisotopic (exact) mass is 298 g/mol. The van der Waals surface area contributed by atoms with Crippen LogP contribution < -0.4 is 0 Å². The molecule has 0 bridgehead atoms. The summed E-state index contributed by atoms with van der Waals surface area (Å²) in [5.41, 5.74) is 1.35. The summed E-state index contributed by atoms with van der Waals surface area (Å²) in [5.74, 6) is 3.54. The number of thioether (sulfide) groups is 1. The van der Waals surface area contributed by atoms with Crippen molar-refractivity contribution in [1.29, 1.82) is 0 Å². The summed E-state index contributed by atoms with van der Waals surface area (Å²) < 4.78 is 6.24. The summed E-state index contributed by atoms with van der Waals surface area (Å²) in [6.07, 6.45) is 12.2. The average molecular weight is 299 g/mol. The maximum atomic E-state index is 6.24. The number of halogens is 1. The Labute approximate surface area is 109 Å². The second-order valence-electron chi connectivity index (χ2n) is 4.58. The largest absolute Gasteiger partial charge is 0.483 e. The van der Waals surface area contributed by atoms with E-state index in [9.17, 15) is 0 Å². The molecule has 3 heteroatoms. The minimum atomic E-state index is 0.00751. The molecule has 1 spiro atoms. The highest BCUT2D eigenvalue weighted by Gasteiger charge is 2.35. The van der Waals surface area contributed by atoms with Crippen LogP contribution in [0.25, 0.3) is 0 Å². The second kappa shape index (κ2) is 4.26. The van der Waals surface area contributed by atoms with E-state index in [4.69, 9.17) is 4.74 Å². The van der Waals surface area contributed by atoms with Crippen LogP contribution in [0.2, 0.25) is 0 Å². The molecular weight excluding hydrogens is 284 g/mol. The van der Waals surface area contributed by atoms with Gasteiger partial charge in [0.1, 0.15) is 11.4 Å². The quantitative estimate of drug-likeness (QED) is 0.629.